The first kappa shape index (κ1) is 8.57. The summed E-state index contributed by atoms with van der Waals surface area (Å²) in [6, 6.07) is 4.81. The Hall–Kier alpha value is -1.02. The highest BCUT2D eigenvalue weighted by Crippen LogP contribution is 2.38. The highest BCUT2D eigenvalue weighted by atomic mass is 35.5. The van der Waals surface area contributed by atoms with Crippen LogP contribution in [0.15, 0.2) is 18.2 Å². The van der Waals surface area contributed by atoms with Crippen LogP contribution in [-0.4, -0.2) is 10.9 Å². The molecule has 1 aliphatic rings. The molecule has 0 heterocycles. The fourth-order valence-corrected chi connectivity index (χ4v) is 1.72. The Morgan fingerprint density at radius 2 is 2.23 bits per heavy atom. The molecule has 0 aliphatic heterocycles. The number of hydrogen-bond acceptors (Lipinski definition) is 2. The number of carbonyl (C=O) groups is 1. The first-order chi connectivity index (χ1) is 6.18. The van der Waals surface area contributed by atoms with E-state index in [-0.39, 0.29) is 17.5 Å². The van der Waals surface area contributed by atoms with Crippen molar-refractivity contribution in [1.29, 1.82) is 0 Å². The van der Waals surface area contributed by atoms with Crippen LogP contribution in [0.3, 0.4) is 0 Å². The van der Waals surface area contributed by atoms with Crippen LogP contribution < -0.4 is 0 Å². The molecular weight excluding hydrogens is 188 g/mol. The van der Waals surface area contributed by atoms with Gasteiger partial charge in [-0.2, -0.15) is 0 Å². The van der Waals surface area contributed by atoms with Crippen LogP contribution in [0.25, 0.3) is 0 Å². The number of aromatic hydroxyl groups is 1. The van der Waals surface area contributed by atoms with Crippen LogP contribution in [0.4, 0.5) is 0 Å². The van der Waals surface area contributed by atoms with Crippen LogP contribution in [0, 0.1) is 0 Å². The summed E-state index contributed by atoms with van der Waals surface area (Å²) < 4.78 is 0. The Labute approximate surface area is 81.1 Å². The maximum atomic E-state index is 11.1. The first-order valence-corrected chi connectivity index (χ1v) is 4.57. The average Bonchev–Trinajstić information content (AvgIpc) is 2.09. The van der Waals surface area contributed by atoms with Crippen LogP contribution in [0.1, 0.15) is 24.3 Å². The molecule has 0 amide bonds. The number of ketones is 1. The van der Waals surface area contributed by atoms with E-state index in [1.54, 1.807) is 12.1 Å². The molecule has 2 rings (SSSR count). The van der Waals surface area contributed by atoms with Crippen molar-refractivity contribution in [2.75, 3.05) is 0 Å². The highest BCUT2D eigenvalue weighted by molar-refractivity contribution is 6.30. The summed E-state index contributed by atoms with van der Waals surface area (Å²) in [4.78, 5) is 11.1. The van der Waals surface area contributed by atoms with E-state index in [4.69, 9.17) is 11.6 Å². The molecule has 0 saturated heterocycles. The standard InChI is InChI=1S/C10H9ClO2/c11-6-1-3-10(13)8(5-6)7-2-4-9(7)12/h1,3,5,7,13H,2,4H2. The summed E-state index contributed by atoms with van der Waals surface area (Å²) in [5, 5.41) is 10.0. The summed E-state index contributed by atoms with van der Waals surface area (Å²) in [7, 11) is 0. The van der Waals surface area contributed by atoms with Gasteiger partial charge in [-0.05, 0) is 24.6 Å². The van der Waals surface area contributed by atoms with Gasteiger partial charge in [-0.25, -0.2) is 0 Å². The van der Waals surface area contributed by atoms with Crippen LogP contribution in [0.5, 0.6) is 5.75 Å². The zero-order chi connectivity index (χ0) is 9.42. The van der Waals surface area contributed by atoms with Gasteiger partial charge in [-0.3, -0.25) is 4.79 Å². The molecule has 0 spiro atoms. The monoisotopic (exact) mass is 196 g/mol. The lowest BCUT2D eigenvalue weighted by molar-refractivity contribution is -0.125. The van der Waals surface area contributed by atoms with Crippen molar-refractivity contribution in [1.82, 2.24) is 0 Å². The fraction of sp³-hybridized carbons (Fsp3) is 0.300. The molecule has 1 aliphatic carbocycles. The third kappa shape index (κ3) is 1.42. The maximum Gasteiger partial charge on any atom is 0.140 e. The third-order valence-corrected chi connectivity index (χ3v) is 2.67. The van der Waals surface area contributed by atoms with E-state index in [9.17, 15) is 9.90 Å². The highest BCUT2D eigenvalue weighted by Gasteiger charge is 2.31. The summed E-state index contributed by atoms with van der Waals surface area (Å²) in [5.41, 5.74) is 0.670. The molecule has 1 N–H and O–H groups in total. The van der Waals surface area contributed by atoms with Gasteiger partial charge in [0.05, 0.1) is 0 Å². The molecule has 0 radical (unpaired) electrons. The van der Waals surface area contributed by atoms with Crippen molar-refractivity contribution in [3.05, 3.63) is 28.8 Å². The van der Waals surface area contributed by atoms with Crippen molar-refractivity contribution in [2.24, 2.45) is 0 Å². The van der Waals surface area contributed by atoms with E-state index in [0.29, 0.717) is 17.0 Å². The topological polar surface area (TPSA) is 37.3 Å². The van der Waals surface area contributed by atoms with Crippen LogP contribution in [-0.2, 0) is 4.79 Å². The number of carbonyl (C=O) groups excluding carboxylic acids is 1. The minimum atomic E-state index is -0.126. The van der Waals surface area contributed by atoms with E-state index in [1.807, 2.05) is 0 Å². The minimum absolute atomic E-state index is 0.126. The second-order valence-corrected chi connectivity index (χ2v) is 3.70. The Morgan fingerprint density at radius 3 is 2.77 bits per heavy atom. The predicted octanol–water partition coefficient (Wildman–Crippen LogP) is 2.49. The van der Waals surface area contributed by atoms with Gasteiger partial charge in [-0.1, -0.05) is 11.6 Å². The lowest BCUT2D eigenvalue weighted by atomic mass is 9.78. The molecule has 1 fully saturated rings. The van der Waals surface area contributed by atoms with Gasteiger partial charge in [0.25, 0.3) is 0 Å². The fourth-order valence-electron chi connectivity index (χ4n) is 1.54. The molecule has 3 heteroatoms. The van der Waals surface area contributed by atoms with Gasteiger partial charge in [0.15, 0.2) is 0 Å². The van der Waals surface area contributed by atoms with Gasteiger partial charge in [0, 0.05) is 22.9 Å². The SMILES string of the molecule is O=C1CCC1c1cc(Cl)ccc1O. The van der Waals surface area contributed by atoms with E-state index < -0.39 is 0 Å². The second kappa shape index (κ2) is 3.04. The zero-order valence-electron chi connectivity index (χ0n) is 6.96. The molecule has 13 heavy (non-hydrogen) atoms. The zero-order valence-corrected chi connectivity index (χ0v) is 7.71. The Kier molecular flexibility index (Phi) is 2.00. The largest absolute Gasteiger partial charge is 0.508 e. The van der Waals surface area contributed by atoms with Crippen molar-refractivity contribution < 1.29 is 9.90 Å². The number of benzene rings is 1. The maximum absolute atomic E-state index is 11.1. The smallest absolute Gasteiger partial charge is 0.140 e. The number of phenolic OH excluding ortho intramolecular Hbond substituents is 1. The number of halogens is 1. The lowest BCUT2D eigenvalue weighted by Gasteiger charge is -2.24. The number of Topliss-reactive ketones (excluding diaryl/α,β-unsaturated/α-hetero) is 1. The van der Waals surface area contributed by atoms with Crippen LogP contribution in [0.2, 0.25) is 5.02 Å². The van der Waals surface area contributed by atoms with E-state index >= 15 is 0 Å². The Bertz CT molecular complexity index is 360. The number of phenols is 1. The normalized spacial score (nSPS) is 21.3. The lowest BCUT2D eigenvalue weighted by Crippen LogP contribution is -2.23. The quantitative estimate of drug-likeness (QED) is 0.750. The van der Waals surface area contributed by atoms with Crippen LogP contribution >= 0.6 is 11.6 Å². The van der Waals surface area contributed by atoms with E-state index in [1.165, 1.54) is 6.07 Å². The average molecular weight is 197 g/mol. The van der Waals surface area contributed by atoms with Gasteiger partial charge in [-0.15, -0.1) is 0 Å². The minimum Gasteiger partial charge on any atom is -0.508 e. The van der Waals surface area contributed by atoms with E-state index in [0.717, 1.165) is 6.42 Å². The molecule has 0 bridgehead atoms. The summed E-state index contributed by atoms with van der Waals surface area (Å²) in [5.74, 6) is 0.235. The van der Waals surface area contributed by atoms with Crippen molar-refractivity contribution >= 4 is 17.4 Å². The molecule has 1 aromatic carbocycles. The summed E-state index contributed by atoms with van der Waals surface area (Å²) in [6.07, 6.45) is 1.45. The van der Waals surface area contributed by atoms with E-state index in [2.05, 4.69) is 0 Å². The summed E-state index contributed by atoms with van der Waals surface area (Å²) in [6.45, 7) is 0. The van der Waals surface area contributed by atoms with Gasteiger partial charge in [0.1, 0.15) is 11.5 Å². The van der Waals surface area contributed by atoms with Crippen molar-refractivity contribution in [2.45, 2.75) is 18.8 Å². The number of hydrogen-bond donors (Lipinski definition) is 1. The van der Waals surface area contributed by atoms with Gasteiger partial charge >= 0.3 is 0 Å². The molecule has 0 aromatic heterocycles. The predicted molar refractivity (Wildman–Crippen MR) is 50.1 cm³/mol. The molecule has 1 saturated carbocycles. The third-order valence-electron chi connectivity index (χ3n) is 2.43. The van der Waals surface area contributed by atoms with Crippen molar-refractivity contribution in [3.8, 4) is 5.75 Å². The molecular formula is C10H9ClO2. The van der Waals surface area contributed by atoms with Gasteiger partial charge in [0.2, 0.25) is 0 Å². The second-order valence-electron chi connectivity index (χ2n) is 3.26. The van der Waals surface area contributed by atoms with Crippen molar-refractivity contribution in [3.63, 3.8) is 0 Å². The molecule has 1 aromatic rings. The molecule has 1 unspecified atom stereocenters. The first-order valence-electron chi connectivity index (χ1n) is 4.19. The molecule has 1 atom stereocenters. The summed E-state index contributed by atoms with van der Waals surface area (Å²) >= 11 is 5.77. The molecule has 2 nitrogen and oxygen atoms in total. The Balaban J connectivity index is 2.38. The van der Waals surface area contributed by atoms with Gasteiger partial charge < -0.3 is 5.11 Å². The number of rotatable bonds is 1. The molecule has 68 valence electrons. The Morgan fingerprint density at radius 1 is 1.46 bits per heavy atom.